The molecule has 2 unspecified atom stereocenters. The van der Waals surface area contributed by atoms with Gasteiger partial charge in [0.15, 0.2) is 9.84 Å². The lowest BCUT2D eigenvalue weighted by Crippen LogP contribution is -2.26. The van der Waals surface area contributed by atoms with Crippen LogP contribution in [0.3, 0.4) is 0 Å². The zero-order valence-electron chi connectivity index (χ0n) is 10.2. The maximum Gasteiger partial charge on any atom is 0.150 e. The second kappa shape index (κ2) is 5.59. The van der Waals surface area contributed by atoms with Gasteiger partial charge in [0.2, 0.25) is 0 Å². The monoisotopic (exact) mass is 287 g/mol. The highest BCUT2D eigenvalue weighted by Crippen LogP contribution is 2.29. The summed E-state index contributed by atoms with van der Waals surface area (Å²) in [6.45, 7) is 0.505. The van der Waals surface area contributed by atoms with Crippen molar-refractivity contribution in [3.8, 4) is 0 Å². The van der Waals surface area contributed by atoms with Crippen molar-refractivity contribution in [2.75, 3.05) is 18.1 Å². The van der Waals surface area contributed by atoms with E-state index in [9.17, 15) is 8.42 Å². The molecule has 0 aliphatic carbocycles. The van der Waals surface area contributed by atoms with E-state index in [0.29, 0.717) is 12.3 Å². The molecule has 1 aromatic carbocycles. The summed E-state index contributed by atoms with van der Waals surface area (Å²) in [5.41, 5.74) is 6.86. The highest BCUT2D eigenvalue weighted by molar-refractivity contribution is 7.91. The van der Waals surface area contributed by atoms with Crippen molar-refractivity contribution < 1.29 is 8.42 Å². The van der Waals surface area contributed by atoms with Crippen molar-refractivity contribution in [2.45, 2.75) is 12.8 Å². The maximum absolute atomic E-state index is 11.5. The van der Waals surface area contributed by atoms with E-state index in [1.807, 2.05) is 24.3 Å². The molecule has 0 amide bonds. The Morgan fingerprint density at radius 1 is 1.39 bits per heavy atom. The molecule has 2 rings (SSSR count). The van der Waals surface area contributed by atoms with Gasteiger partial charge < -0.3 is 5.73 Å². The molecule has 0 spiro atoms. The van der Waals surface area contributed by atoms with Crippen molar-refractivity contribution in [1.82, 2.24) is 0 Å². The van der Waals surface area contributed by atoms with Gasteiger partial charge in [-0.05, 0) is 42.9 Å². The molecular weight excluding hydrogens is 270 g/mol. The molecule has 1 saturated heterocycles. The van der Waals surface area contributed by atoms with Crippen molar-refractivity contribution in [1.29, 1.82) is 0 Å². The first-order valence-corrected chi connectivity index (χ1v) is 8.35. The molecule has 0 aromatic heterocycles. The molecule has 0 radical (unpaired) electrons. The lowest BCUT2D eigenvalue weighted by molar-refractivity contribution is 0.371. The summed E-state index contributed by atoms with van der Waals surface area (Å²) in [5, 5.41) is 0.733. The van der Waals surface area contributed by atoms with Crippen LogP contribution in [0.5, 0.6) is 0 Å². The highest BCUT2D eigenvalue weighted by atomic mass is 35.5. The summed E-state index contributed by atoms with van der Waals surface area (Å²) in [4.78, 5) is 0. The Balaban J connectivity index is 2.09. The molecule has 0 bridgehead atoms. The number of nitrogens with two attached hydrogens (primary N) is 1. The molecule has 100 valence electrons. The van der Waals surface area contributed by atoms with Crippen molar-refractivity contribution >= 4 is 21.4 Å². The summed E-state index contributed by atoms with van der Waals surface area (Å²) >= 11 is 6.13. The number of hydrogen-bond acceptors (Lipinski definition) is 3. The quantitative estimate of drug-likeness (QED) is 0.920. The van der Waals surface area contributed by atoms with Gasteiger partial charge in [0.05, 0.1) is 11.5 Å². The molecule has 18 heavy (non-hydrogen) atoms. The summed E-state index contributed by atoms with van der Waals surface area (Å²) in [6, 6.07) is 7.67. The predicted molar refractivity (Wildman–Crippen MR) is 74.5 cm³/mol. The Hall–Kier alpha value is -0.580. The second-order valence-electron chi connectivity index (χ2n) is 4.95. The Morgan fingerprint density at radius 2 is 2.11 bits per heavy atom. The van der Waals surface area contributed by atoms with Crippen LogP contribution >= 0.6 is 11.6 Å². The molecule has 1 fully saturated rings. The Bertz CT molecular complexity index is 515. The standard InChI is InChI=1S/C13H18ClNO2S/c14-13-4-2-1-3-10(13)7-12(8-15)11-5-6-18(16,17)9-11/h1-4,11-12H,5-9,15H2. The van der Waals surface area contributed by atoms with Crippen molar-refractivity contribution in [3.05, 3.63) is 34.9 Å². The van der Waals surface area contributed by atoms with Crippen LogP contribution < -0.4 is 5.73 Å². The smallest absolute Gasteiger partial charge is 0.150 e. The van der Waals surface area contributed by atoms with Gasteiger partial charge in [0, 0.05) is 5.02 Å². The molecule has 1 aliphatic rings. The molecule has 5 heteroatoms. The van der Waals surface area contributed by atoms with E-state index in [1.54, 1.807) is 0 Å². The number of benzene rings is 1. The summed E-state index contributed by atoms with van der Waals surface area (Å²) < 4.78 is 23.0. The number of sulfone groups is 1. The molecule has 3 nitrogen and oxygen atoms in total. The van der Waals surface area contributed by atoms with E-state index in [-0.39, 0.29) is 17.6 Å². The first-order chi connectivity index (χ1) is 8.52. The Morgan fingerprint density at radius 3 is 2.67 bits per heavy atom. The third-order valence-corrected chi connectivity index (χ3v) is 5.84. The molecule has 1 heterocycles. The van der Waals surface area contributed by atoms with Crippen molar-refractivity contribution in [3.63, 3.8) is 0 Å². The van der Waals surface area contributed by atoms with Crippen LogP contribution in [0, 0.1) is 11.8 Å². The molecule has 1 aliphatic heterocycles. The van der Waals surface area contributed by atoms with Gasteiger partial charge in [-0.2, -0.15) is 0 Å². The zero-order chi connectivity index (χ0) is 13.2. The summed E-state index contributed by atoms with van der Waals surface area (Å²) in [5.74, 6) is 0.953. The average molecular weight is 288 g/mol. The number of halogens is 1. The van der Waals surface area contributed by atoms with Crippen LogP contribution in [0.4, 0.5) is 0 Å². The van der Waals surface area contributed by atoms with E-state index in [2.05, 4.69) is 0 Å². The lowest BCUT2D eigenvalue weighted by Gasteiger charge is -2.21. The van der Waals surface area contributed by atoms with Crippen LogP contribution in [0.2, 0.25) is 5.02 Å². The molecule has 2 atom stereocenters. The minimum atomic E-state index is -2.84. The maximum atomic E-state index is 11.5. The third-order valence-electron chi connectivity index (χ3n) is 3.68. The minimum absolute atomic E-state index is 0.177. The normalized spacial score (nSPS) is 24.0. The fraction of sp³-hybridized carbons (Fsp3) is 0.538. The fourth-order valence-corrected chi connectivity index (χ4v) is 4.72. The number of rotatable bonds is 4. The minimum Gasteiger partial charge on any atom is -0.330 e. The van der Waals surface area contributed by atoms with Gasteiger partial charge in [-0.3, -0.25) is 0 Å². The summed E-state index contributed by atoms with van der Waals surface area (Å²) in [6.07, 6.45) is 1.49. The van der Waals surface area contributed by atoms with Gasteiger partial charge in [-0.15, -0.1) is 0 Å². The second-order valence-corrected chi connectivity index (χ2v) is 7.59. The lowest BCUT2D eigenvalue weighted by atomic mass is 9.86. The van der Waals surface area contributed by atoms with Gasteiger partial charge in [-0.25, -0.2) is 8.42 Å². The van der Waals surface area contributed by atoms with E-state index in [0.717, 1.165) is 23.4 Å². The largest absolute Gasteiger partial charge is 0.330 e. The van der Waals surface area contributed by atoms with Crippen LogP contribution in [0.1, 0.15) is 12.0 Å². The topological polar surface area (TPSA) is 60.2 Å². The zero-order valence-corrected chi connectivity index (χ0v) is 11.8. The Labute approximate surface area is 113 Å². The summed E-state index contributed by atoms with van der Waals surface area (Å²) in [7, 11) is -2.84. The third kappa shape index (κ3) is 3.25. The van der Waals surface area contributed by atoms with Crippen LogP contribution in [0.15, 0.2) is 24.3 Å². The molecule has 2 N–H and O–H groups in total. The van der Waals surface area contributed by atoms with E-state index in [4.69, 9.17) is 17.3 Å². The first-order valence-electron chi connectivity index (χ1n) is 6.16. The van der Waals surface area contributed by atoms with E-state index in [1.165, 1.54) is 0 Å². The van der Waals surface area contributed by atoms with Crippen molar-refractivity contribution in [2.24, 2.45) is 17.6 Å². The van der Waals surface area contributed by atoms with Crippen LogP contribution in [-0.4, -0.2) is 26.5 Å². The Kier molecular flexibility index (Phi) is 4.30. The number of hydrogen-bond donors (Lipinski definition) is 1. The molecule has 0 saturated carbocycles. The van der Waals surface area contributed by atoms with Gasteiger partial charge >= 0.3 is 0 Å². The van der Waals surface area contributed by atoms with Gasteiger partial charge in [-0.1, -0.05) is 29.8 Å². The highest BCUT2D eigenvalue weighted by Gasteiger charge is 2.33. The van der Waals surface area contributed by atoms with Crippen LogP contribution in [-0.2, 0) is 16.3 Å². The van der Waals surface area contributed by atoms with E-state index < -0.39 is 9.84 Å². The fourth-order valence-electron chi connectivity index (χ4n) is 2.58. The van der Waals surface area contributed by atoms with E-state index >= 15 is 0 Å². The SMILES string of the molecule is NCC(Cc1ccccc1Cl)C1CCS(=O)(=O)C1. The van der Waals surface area contributed by atoms with Crippen LogP contribution in [0.25, 0.3) is 0 Å². The predicted octanol–water partition coefficient (Wildman–Crippen LogP) is 1.89. The first kappa shape index (κ1) is 13.8. The average Bonchev–Trinajstić information content (AvgIpc) is 2.68. The molecular formula is C13H18ClNO2S. The molecule has 1 aromatic rings. The van der Waals surface area contributed by atoms with Gasteiger partial charge in [0.25, 0.3) is 0 Å². The van der Waals surface area contributed by atoms with Gasteiger partial charge in [0.1, 0.15) is 0 Å².